The second-order valence-electron chi connectivity index (χ2n) is 11.7. The van der Waals surface area contributed by atoms with Crippen LogP contribution in [0.2, 0.25) is 5.02 Å². The summed E-state index contributed by atoms with van der Waals surface area (Å²) in [6.45, 7) is 11.7. The first kappa shape index (κ1) is 32.0. The highest BCUT2D eigenvalue weighted by atomic mass is 35.5. The van der Waals surface area contributed by atoms with Gasteiger partial charge in [-0.15, -0.1) is 0 Å². The van der Waals surface area contributed by atoms with Crippen molar-refractivity contribution in [2.24, 2.45) is 0 Å². The summed E-state index contributed by atoms with van der Waals surface area (Å²) < 4.78 is 37.4. The van der Waals surface area contributed by atoms with Crippen molar-refractivity contribution in [3.63, 3.8) is 0 Å². The largest absolute Gasteiger partial charge is 0.488 e. The summed E-state index contributed by atoms with van der Waals surface area (Å²) in [5.41, 5.74) is 4.84. The van der Waals surface area contributed by atoms with E-state index in [0.29, 0.717) is 30.7 Å². The van der Waals surface area contributed by atoms with Crippen molar-refractivity contribution in [1.29, 1.82) is 0 Å². The van der Waals surface area contributed by atoms with E-state index in [4.69, 9.17) is 21.1 Å². The molecule has 2 aliphatic heterocycles. The number of likely N-dealkylation sites (tertiary alicyclic amines) is 1. The molecule has 1 saturated heterocycles. The molecule has 2 aliphatic rings. The minimum atomic E-state index is -3.54. The van der Waals surface area contributed by atoms with Crippen molar-refractivity contribution < 1.29 is 22.7 Å². The fraction of sp³-hybridized carbons (Fsp3) is 0.469. The summed E-state index contributed by atoms with van der Waals surface area (Å²) in [7, 11) is -3.54. The number of anilines is 4. The first-order chi connectivity index (χ1) is 21.0. The number of ether oxygens (including phenoxy) is 2. The van der Waals surface area contributed by atoms with Gasteiger partial charge in [-0.25, -0.2) is 13.4 Å². The van der Waals surface area contributed by atoms with Crippen LogP contribution in [0, 0.1) is 6.92 Å². The number of sulfone groups is 1. The number of carbonyl (C=O) groups is 1. The highest BCUT2D eigenvalue weighted by Gasteiger charge is 2.32. The van der Waals surface area contributed by atoms with Gasteiger partial charge in [-0.3, -0.25) is 9.69 Å². The lowest BCUT2D eigenvalue weighted by atomic mass is 9.82. The van der Waals surface area contributed by atoms with E-state index < -0.39 is 15.1 Å². The van der Waals surface area contributed by atoms with Gasteiger partial charge in [0.1, 0.15) is 16.9 Å². The Labute approximate surface area is 264 Å². The van der Waals surface area contributed by atoms with E-state index in [1.165, 1.54) is 17.3 Å². The van der Waals surface area contributed by atoms with Gasteiger partial charge in [-0.05, 0) is 95.8 Å². The van der Waals surface area contributed by atoms with Crippen molar-refractivity contribution in [2.45, 2.75) is 76.0 Å². The molecule has 0 radical (unpaired) electrons. The van der Waals surface area contributed by atoms with Crippen molar-refractivity contribution >= 4 is 50.5 Å². The molecular formula is C32H40ClN5O5S. The number of nitrogens with one attached hydrogen (secondary N) is 2. The molecule has 0 amide bonds. The number of halogens is 1. The van der Waals surface area contributed by atoms with Crippen molar-refractivity contribution in [1.82, 2.24) is 14.9 Å². The van der Waals surface area contributed by atoms with Crippen LogP contribution in [0.4, 0.5) is 23.1 Å². The SMILES string of the molecule is CCOC(=O)CN1CCC(c2c(C)cc(Nc3ncc(Cl)c(Nc4ccccc4S(=O)(=O)C(C)C)n3)c3c2C[C@H](C)O3)CC1. The molecule has 12 heteroatoms. The Hall–Kier alpha value is -3.41. The Morgan fingerprint density at radius 2 is 1.91 bits per heavy atom. The summed E-state index contributed by atoms with van der Waals surface area (Å²) in [5.74, 6) is 1.58. The van der Waals surface area contributed by atoms with Crippen LogP contribution in [0.1, 0.15) is 63.1 Å². The summed E-state index contributed by atoms with van der Waals surface area (Å²) in [5, 5.41) is 6.10. The minimum Gasteiger partial charge on any atom is -0.488 e. The molecule has 5 rings (SSSR count). The molecule has 0 spiro atoms. The molecule has 1 fully saturated rings. The fourth-order valence-corrected chi connectivity index (χ4v) is 7.36. The number of aryl methyl sites for hydroxylation is 1. The van der Waals surface area contributed by atoms with Gasteiger partial charge in [0.2, 0.25) is 5.95 Å². The van der Waals surface area contributed by atoms with Crippen LogP contribution in [0.25, 0.3) is 0 Å². The summed E-state index contributed by atoms with van der Waals surface area (Å²) >= 11 is 6.46. The molecule has 2 aromatic carbocycles. The quantitative estimate of drug-likeness (QED) is 0.248. The number of piperidine rings is 1. The molecule has 2 N–H and O–H groups in total. The number of nitrogens with zero attached hydrogens (tertiary/aromatic N) is 3. The molecule has 1 atom stereocenters. The molecule has 3 aromatic rings. The summed E-state index contributed by atoms with van der Waals surface area (Å²) in [6, 6.07) is 8.78. The Morgan fingerprint density at radius 3 is 2.61 bits per heavy atom. The number of fused-ring (bicyclic) bond motifs is 1. The second kappa shape index (κ2) is 13.3. The zero-order chi connectivity index (χ0) is 31.6. The molecule has 44 heavy (non-hydrogen) atoms. The number of aromatic nitrogens is 2. The normalized spacial score (nSPS) is 17.3. The highest BCUT2D eigenvalue weighted by Crippen LogP contribution is 2.46. The molecule has 1 aromatic heterocycles. The zero-order valence-corrected chi connectivity index (χ0v) is 27.4. The lowest BCUT2D eigenvalue weighted by Gasteiger charge is -2.33. The lowest BCUT2D eigenvalue weighted by Crippen LogP contribution is -2.37. The van der Waals surface area contributed by atoms with Crippen molar-refractivity contribution in [2.75, 3.05) is 36.9 Å². The number of hydrogen-bond acceptors (Lipinski definition) is 10. The van der Waals surface area contributed by atoms with Gasteiger partial charge in [0.05, 0.1) is 40.9 Å². The van der Waals surface area contributed by atoms with Crippen LogP contribution in [0.15, 0.2) is 41.4 Å². The summed E-state index contributed by atoms with van der Waals surface area (Å²) in [4.78, 5) is 23.3. The van der Waals surface area contributed by atoms with Gasteiger partial charge in [0.25, 0.3) is 0 Å². The number of carbonyl (C=O) groups excluding carboxylic acids is 1. The number of benzene rings is 2. The zero-order valence-electron chi connectivity index (χ0n) is 25.8. The van der Waals surface area contributed by atoms with Crippen LogP contribution in [0.3, 0.4) is 0 Å². The third kappa shape index (κ3) is 6.79. The van der Waals surface area contributed by atoms with E-state index in [2.05, 4.69) is 45.4 Å². The first-order valence-electron chi connectivity index (χ1n) is 15.1. The Kier molecular flexibility index (Phi) is 9.67. The van der Waals surface area contributed by atoms with Crippen molar-refractivity contribution in [3.8, 4) is 5.75 Å². The standard InChI is InChI=1S/C32H40ClN5O5S/c1-6-42-28(39)18-38-13-11-22(12-14-38)29-20(4)15-26(30-23(29)16-21(5)43-30)36-32-34-17-24(33)31(37-32)35-25-9-7-8-10-27(25)44(40,41)19(2)3/h7-10,15,17,19,21-22H,6,11-14,16,18H2,1-5H3,(H2,34,35,36,37)/t21-/m0/s1. The average molecular weight is 642 g/mol. The van der Waals surface area contributed by atoms with Gasteiger partial charge in [-0.2, -0.15) is 4.98 Å². The maximum atomic E-state index is 13.0. The third-order valence-corrected chi connectivity index (χ3v) is 10.6. The highest BCUT2D eigenvalue weighted by molar-refractivity contribution is 7.92. The van der Waals surface area contributed by atoms with Gasteiger partial charge in [0.15, 0.2) is 15.7 Å². The van der Waals surface area contributed by atoms with Crippen LogP contribution >= 0.6 is 11.6 Å². The molecule has 236 valence electrons. The monoisotopic (exact) mass is 641 g/mol. The molecule has 0 bridgehead atoms. The summed E-state index contributed by atoms with van der Waals surface area (Å²) in [6.07, 6.45) is 4.22. The molecule has 0 saturated carbocycles. The smallest absolute Gasteiger partial charge is 0.320 e. The minimum absolute atomic E-state index is 0.0257. The Balaban J connectivity index is 1.39. The van der Waals surface area contributed by atoms with Gasteiger partial charge in [-0.1, -0.05) is 23.7 Å². The van der Waals surface area contributed by atoms with Crippen LogP contribution in [0.5, 0.6) is 5.75 Å². The maximum Gasteiger partial charge on any atom is 0.320 e. The molecule has 3 heterocycles. The van der Waals surface area contributed by atoms with E-state index in [1.807, 2.05) is 6.92 Å². The number of rotatable bonds is 10. The predicted molar refractivity (Wildman–Crippen MR) is 172 cm³/mol. The molecule has 10 nitrogen and oxygen atoms in total. The van der Waals surface area contributed by atoms with E-state index in [9.17, 15) is 13.2 Å². The molecule has 0 unspecified atom stereocenters. The first-order valence-corrected chi connectivity index (χ1v) is 17.0. The topological polar surface area (TPSA) is 123 Å². The van der Waals surface area contributed by atoms with Crippen LogP contribution < -0.4 is 15.4 Å². The molecular weight excluding hydrogens is 602 g/mol. The second-order valence-corrected chi connectivity index (χ2v) is 14.6. The number of hydrogen-bond donors (Lipinski definition) is 2. The van der Waals surface area contributed by atoms with Crippen LogP contribution in [-0.2, 0) is 25.8 Å². The number of para-hydroxylation sites is 1. The van der Waals surface area contributed by atoms with E-state index in [1.54, 1.807) is 38.1 Å². The van der Waals surface area contributed by atoms with Gasteiger partial charge < -0.3 is 20.1 Å². The van der Waals surface area contributed by atoms with Gasteiger partial charge >= 0.3 is 5.97 Å². The number of esters is 1. The predicted octanol–water partition coefficient (Wildman–Crippen LogP) is 6.17. The van der Waals surface area contributed by atoms with Crippen LogP contribution in [-0.4, -0.2) is 66.9 Å². The maximum absolute atomic E-state index is 13.0. The fourth-order valence-electron chi connectivity index (χ4n) is 6.02. The third-order valence-electron chi connectivity index (χ3n) is 8.15. The van der Waals surface area contributed by atoms with Crippen molar-refractivity contribution in [3.05, 3.63) is 58.2 Å². The van der Waals surface area contributed by atoms with E-state index in [0.717, 1.165) is 49.4 Å². The van der Waals surface area contributed by atoms with E-state index in [-0.39, 0.29) is 27.8 Å². The Morgan fingerprint density at radius 1 is 1.18 bits per heavy atom. The molecule has 0 aliphatic carbocycles. The van der Waals surface area contributed by atoms with Gasteiger partial charge in [0, 0.05) is 12.0 Å². The lowest BCUT2D eigenvalue weighted by molar-refractivity contribution is -0.144. The van der Waals surface area contributed by atoms with E-state index >= 15 is 0 Å². The Bertz CT molecular complexity index is 1640. The average Bonchev–Trinajstić information content (AvgIpc) is 3.37.